The van der Waals surface area contributed by atoms with Crippen LogP contribution in [-0.2, 0) is 26.1 Å². The van der Waals surface area contributed by atoms with Crippen molar-refractivity contribution in [3.05, 3.63) is 12.4 Å². The summed E-state index contributed by atoms with van der Waals surface area (Å²) < 4.78 is 32.4. The molecule has 2 N–H and O–H groups in total. The number of carboxylic acids is 1. The van der Waals surface area contributed by atoms with Crippen molar-refractivity contribution in [1.82, 2.24) is 14.5 Å². The highest BCUT2D eigenvalue weighted by Crippen LogP contribution is 2.06. The number of nitrogens with one attached hydrogen (secondary N) is 1. The second-order valence-corrected chi connectivity index (χ2v) is 5.90. The summed E-state index contributed by atoms with van der Waals surface area (Å²) in [5.74, 6) is -1.09. The number of carboxylic acid groups (broad SMARTS) is 1. The lowest BCUT2D eigenvalue weighted by atomic mass is 10.4. The van der Waals surface area contributed by atoms with Gasteiger partial charge in [0, 0.05) is 19.3 Å². The normalized spacial score (nSPS) is 11.7. The number of ether oxygens (including phenoxy) is 1. The highest BCUT2D eigenvalue weighted by Gasteiger charge is 2.16. The molecule has 114 valence electrons. The van der Waals surface area contributed by atoms with Crippen molar-refractivity contribution in [2.75, 3.05) is 19.8 Å². The lowest BCUT2D eigenvalue weighted by molar-refractivity contribution is -0.137. The van der Waals surface area contributed by atoms with Crippen molar-refractivity contribution in [1.29, 1.82) is 0 Å². The number of carbonyl (C=O) groups is 1. The van der Waals surface area contributed by atoms with E-state index in [9.17, 15) is 13.2 Å². The Morgan fingerprint density at radius 1 is 1.50 bits per heavy atom. The molecule has 0 aliphatic carbocycles. The summed E-state index contributed by atoms with van der Waals surface area (Å²) in [7, 11) is -3.67. The number of unbranched alkanes of at least 4 members (excludes halogenated alkanes) is 1. The topological polar surface area (TPSA) is 111 Å². The summed E-state index contributed by atoms with van der Waals surface area (Å²) in [6, 6.07) is 0. The number of aliphatic carboxylic acids is 1. The molecule has 0 radical (unpaired) electrons. The van der Waals surface area contributed by atoms with E-state index in [1.807, 2.05) is 6.92 Å². The molecule has 0 unspecified atom stereocenters. The van der Waals surface area contributed by atoms with E-state index in [0.29, 0.717) is 13.2 Å². The molecule has 20 heavy (non-hydrogen) atoms. The Kier molecular flexibility index (Phi) is 6.62. The minimum atomic E-state index is -3.67. The van der Waals surface area contributed by atoms with Crippen molar-refractivity contribution in [3.63, 3.8) is 0 Å². The Hall–Kier alpha value is -1.45. The number of hydrogen-bond acceptors (Lipinski definition) is 5. The standard InChI is InChI=1S/C11H19N3O5S/c1-2-3-5-19-6-4-13-20(17,18)10-7-12-14(8-10)9-11(15)16/h7-8,13H,2-6,9H2,1H3,(H,15,16). The van der Waals surface area contributed by atoms with Crippen LogP contribution in [0.1, 0.15) is 19.8 Å². The Morgan fingerprint density at radius 2 is 2.25 bits per heavy atom. The van der Waals surface area contributed by atoms with Crippen molar-refractivity contribution in [2.24, 2.45) is 0 Å². The maximum absolute atomic E-state index is 11.9. The smallest absolute Gasteiger partial charge is 0.325 e. The van der Waals surface area contributed by atoms with Crippen molar-refractivity contribution in [3.8, 4) is 0 Å². The van der Waals surface area contributed by atoms with Crippen LogP contribution in [0.15, 0.2) is 17.3 Å². The number of aromatic nitrogens is 2. The Labute approximate surface area is 117 Å². The second-order valence-electron chi connectivity index (χ2n) is 4.13. The average molecular weight is 305 g/mol. The summed E-state index contributed by atoms with van der Waals surface area (Å²) in [6.45, 7) is 2.73. The van der Waals surface area contributed by atoms with E-state index >= 15 is 0 Å². The van der Waals surface area contributed by atoms with E-state index in [2.05, 4.69) is 9.82 Å². The van der Waals surface area contributed by atoms with Gasteiger partial charge in [0.15, 0.2) is 0 Å². The summed E-state index contributed by atoms with van der Waals surface area (Å²) >= 11 is 0. The fourth-order valence-corrected chi connectivity index (χ4v) is 2.35. The van der Waals surface area contributed by atoms with Gasteiger partial charge in [-0.15, -0.1) is 0 Å². The highest BCUT2D eigenvalue weighted by molar-refractivity contribution is 7.89. The molecule has 0 aliphatic rings. The molecule has 0 aliphatic heterocycles. The largest absolute Gasteiger partial charge is 0.480 e. The first-order valence-corrected chi connectivity index (χ1v) is 7.75. The number of sulfonamides is 1. The maximum Gasteiger partial charge on any atom is 0.325 e. The lowest BCUT2D eigenvalue weighted by Gasteiger charge is -2.05. The molecule has 0 fully saturated rings. The molecular weight excluding hydrogens is 286 g/mol. The van der Waals surface area contributed by atoms with Crippen molar-refractivity contribution < 1.29 is 23.1 Å². The molecule has 9 heteroatoms. The van der Waals surface area contributed by atoms with E-state index in [0.717, 1.165) is 23.7 Å². The van der Waals surface area contributed by atoms with Crippen LogP contribution in [0, 0.1) is 0 Å². The summed E-state index contributed by atoms with van der Waals surface area (Å²) in [6.07, 6.45) is 4.25. The first-order valence-electron chi connectivity index (χ1n) is 6.27. The second kappa shape index (κ2) is 7.98. The zero-order chi connectivity index (χ0) is 15.0. The van der Waals surface area contributed by atoms with Gasteiger partial charge in [-0.3, -0.25) is 9.48 Å². The predicted octanol–water partition coefficient (Wildman–Crippen LogP) is 0.0627. The van der Waals surface area contributed by atoms with E-state index in [4.69, 9.17) is 9.84 Å². The molecule has 0 bridgehead atoms. The van der Waals surface area contributed by atoms with E-state index in [1.54, 1.807) is 0 Å². The van der Waals surface area contributed by atoms with Crippen molar-refractivity contribution >= 4 is 16.0 Å². The van der Waals surface area contributed by atoms with Gasteiger partial charge in [0.25, 0.3) is 0 Å². The zero-order valence-electron chi connectivity index (χ0n) is 11.3. The Balaban J connectivity index is 2.43. The zero-order valence-corrected chi connectivity index (χ0v) is 12.1. The van der Waals surface area contributed by atoms with Gasteiger partial charge in [0.2, 0.25) is 10.0 Å². The third-order valence-electron chi connectivity index (χ3n) is 2.40. The number of hydrogen-bond donors (Lipinski definition) is 2. The first-order chi connectivity index (χ1) is 9.45. The Morgan fingerprint density at radius 3 is 2.90 bits per heavy atom. The third-order valence-corrected chi connectivity index (χ3v) is 3.81. The fourth-order valence-electron chi connectivity index (χ4n) is 1.39. The minimum Gasteiger partial charge on any atom is -0.480 e. The van der Waals surface area contributed by atoms with Gasteiger partial charge < -0.3 is 9.84 Å². The van der Waals surface area contributed by atoms with E-state index in [1.165, 1.54) is 6.20 Å². The van der Waals surface area contributed by atoms with Gasteiger partial charge in [0.05, 0.1) is 12.8 Å². The lowest BCUT2D eigenvalue weighted by Crippen LogP contribution is -2.27. The van der Waals surface area contributed by atoms with Crippen LogP contribution in [-0.4, -0.2) is 49.0 Å². The molecule has 0 spiro atoms. The molecule has 0 atom stereocenters. The van der Waals surface area contributed by atoms with Crippen LogP contribution in [0.25, 0.3) is 0 Å². The molecule has 0 aromatic carbocycles. The van der Waals surface area contributed by atoms with Crippen molar-refractivity contribution in [2.45, 2.75) is 31.2 Å². The third kappa shape index (κ3) is 5.68. The summed E-state index contributed by atoms with van der Waals surface area (Å²) in [5.41, 5.74) is 0. The minimum absolute atomic E-state index is 0.0627. The molecule has 1 aromatic rings. The van der Waals surface area contributed by atoms with Crippen LogP contribution in [0.3, 0.4) is 0 Å². The average Bonchev–Trinajstić information content (AvgIpc) is 2.82. The summed E-state index contributed by atoms with van der Waals surface area (Å²) in [5, 5.41) is 12.3. The first kappa shape index (κ1) is 16.6. The van der Waals surface area contributed by atoms with E-state index < -0.39 is 16.0 Å². The molecule has 1 heterocycles. The van der Waals surface area contributed by atoms with Gasteiger partial charge in [-0.05, 0) is 6.42 Å². The van der Waals surface area contributed by atoms with Gasteiger partial charge in [-0.25, -0.2) is 13.1 Å². The number of rotatable bonds is 10. The van der Waals surface area contributed by atoms with Crippen LogP contribution < -0.4 is 4.72 Å². The summed E-state index contributed by atoms with van der Waals surface area (Å²) in [4.78, 5) is 10.4. The van der Waals surface area contributed by atoms with Gasteiger partial charge in [-0.2, -0.15) is 5.10 Å². The fraction of sp³-hybridized carbons (Fsp3) is 0.636. The molecular formula is C11H19N3O5S. The van der Waals surface area contributed by atoms with Crippen LogP contribution in [0.2, 0.25) is 0 Å². The quantitative estimate of drug-likeness (QED) is 0.592. The van der Waals surface area contributed by atoms with Crippen LogP contribution >= 0.6 is 0 Å². The molecule has 0 saturated carbocycles. The molecule has 0 saturated heterocycles. The monoisotopic (exact) mass is 305 g/mol. The van der Waals surface area contributed by atoms with Crippen LogP contribution in [0.5, 0.6) is 0 Å². The number of nitrogens with zero attached hydrogens (tertiary/aromatic N) is 2. The van der Waals surface area contributed by atoms with Gasteiger partial charge in [-0.1, -0.05) is 13.3 Å². The molecule has 0 amide bonds. The predicted molar refractivity (Wildman–Crippen MR) is 70.8 cm³/mol. The SMILES string of the molecule is CCCCOCCNS(=O)(=O)c1cnn(CC(=O)O)c1. The highest BCUT2D eigenvalue weighted by atomic mass is 32.2. The van der Waals surface area contributed by atoms with Gasteiger partial charge >= 0.3 is 5.97 Å². The van der Waals surface area contributed by atoms with Crippen LogP contribution in [0.4, 0.5) is 0 Å². The maximum atomic E-state index is 11.9. The molecule has 8 nitrogen and oxygen atoms in total. The molecule has 1 aromatic heterocycles. The Bertz CT molecular complexity index is 526. The molecule has 1 rings (SSSR count). The van der Waals surface area contributed by atoms with E-state index in [-0.39, 0.29) is 18.0 Å². The van der Waals surface area contributed by atoms with Gasteiger partial charge in [0.1, 0.15) is 11.4 Å².